The molecule has 3 atom stereocenters. The van der Waals surface area contributed by atoms with Gasteiger partial charge in [0.05, 0.1) is 7.11 Å². The monoisotopic (exact) mass is 597 g/mol. The molecule has 43 heavy (non-hydrogen) atoms. The van der Waals surface area contributed by atoms with E-state index in [1.54, 1.807) is 47.4 Å². The van der Waals surface area contributed by atoms with Gasteiger partial charge >= 0.3 is 17.9 Å². The average Bonchev–Trinajstić information content (AvgIpc) is 2.98. The highest BCUT2D eigenvalue weighted by Gasteiger charge is 2.41. The van der Waals surface area contributed by atoms with Crippen LogP contribution in [0.1, 0.15) is 56.5 Å². The van der Waals surface area contributed by atoms with Gasteiger partial charge in [-0.3, -0.25) is 24.0 Å². The van der Waals surface area contributed by atoms with Gasteiger partial charge in [0, 0.05) is 44.6 Å². The summed E-state index contributed by atoms with van der Waals surface area (Å²) in [5, 5.41) is 4.97. The van der Waals surface area contributed by atoms with Crippen molar-refractivity contribution in [1.82, 2.24) is 10.2 Å². The van der Waals surface area contributed by atoms with Crippen molar-refractivity contribution in [3.8, 4) is 0 Å². The van der Waals surface area contributed by atoms with E-state index in [1.807, 2.05) is 13.8 Å². The first-order valence-corrected chi connectivity index (χ1v) is 14.0. The molecule has 0 radical (unpaired) electrons. The van der Waals surface area contributed by atoms with Crippen molar-refractivity contribution in [3.05, 3.63) is 65.7 Å². The smallest absolute Gasteiger partial charge is 0.328 e. The summed E-state index contributed by atoms with van der Waals surface area (Å²) in [6.07, 6.45) is -2.32. The molecule has 0 aromatic heterocycles. The first kappa shape index (κ1) is 34.5. The van der Waals surface area contributed by atoms with Crippen LogP contribution < -0.4 is 10.6 Å². The summed E-state index contributed by atoms with van der Waals surface area (Å²) >= 11 is 0. The van der Waals surface area contributed by atoms with E-state index in [1.165, 1.54) is 12.1 Å². The van der Waals surface area contributed by atoms with E-state index >= 15 is 0 Å². The van der Waals surface area contributed by atoms with Crippen molar-refractivity contribution < 1.29 is 43.0 Å². The maximum Gasteiger partial charge on any atom is 0.328 e. The van der Waals surface area contributed by atoms with Crippen molar-refractivity contribution in [2.24, 2.45) is 0 Å². The number of carbonyl (C=O) groups excluding carboxylic acids is 6. The first-order chi connectivity index (χ1) is 20.5. The van der Waals surface area contributed by atoms with Gasteiger partial charge in [-0.25, -0.2) is 4.79 Å². The fraction of sp³-hybridized carbons (Fsp3) is 0.419. The van der Waals surface area contributed by atoms with E-state index in [-0.39, 0.29) is 18.0 Å². The van der Waals surface area contributed by atoms with Crippen molar-refractivity contribution in [1.29, 1.82) is 0 Å². The molecule has 0 aliphatic rings. The fourth-order valence-corrected chi connectivity index (χ4v) is 4.28. The standard InChI is InChI=1S/C31H39N3O9/c1-6-16-34(17-7-2)30(39)23-14-11-15-24(19-23)32-28(37)26(42-20(3)35)27(43-21(4)36)29(38)33-25(31(40)41-5)18-22-12-9-8-10-13-22/h8-15,19,25-27H,6-7,16-18H2,1-5H3,(H,32,37)(H,33,38)/t25-,26?,27?/m1/s1. The number of ether oxygens (including phenoxy) is 3. The van der Waals surface area contributed by atoms with Crippen LogP contribution >= 0.6 is 0 Å². The molecule has 12 heteroatoms. The fourth-order valence-electron chi connectivity index (χ4n) is 4.28. The molecule has 2 rings (SSSR count). The number of benzene rings is 2. The van der Waals surface area contributed by atoms with Gasteiger partial charge in [-0.05, 0) is 36.6 Å². The minimum absolute atomic E-state index is 0.0321. The number of hydrogen-bond acceptors (Lipinski definition) is 9. The first-order valence-electron chi connectivity index (χ1n) is 14.0. The van der Waals surface area contributed by atoms with Gasteiger partial charge < -0.3 is 29.7 Å². The molecule has 0 saturated carbocycles. The van der Waals surface area contributed by atoms with E-state index in [4.69, 9.17) is 14.2 Å². The van der Waals surface area contributed by atoms with E-state index in [2.05, 4.69) is 10.6 Å². The Kier molecular flexibility index (Phi) is 13.8. The maximum absolute atomic E-state index is 13.4. The molecule has 2 aromatic carbocycles. The Bertz CT molecular complexity index is 1280. The maximum atomic E-state index is 13.4. The Labute approximate surface area is 251 Å². The summed E-state index contributed by atoms with van der Waals surface area (Å²) in [5.41, 5.74) is 1.20. The number of nitrogens with one attached hydrogen (secondary N) is 2. The molecule has 0 heterocycles. The molecule has 12 nitrogen and oxygen atoms in total. The van der Waals surface area contributed by atoms with Crippen molar-refractivity contribution >= 4 is 41.3 Å². The summed E-state index contributed by atoms with van der Waals surface area (Å²) in [7, 11) is 1.15. The summed E-state index contributed by atoms with van der Waals surface area (Å²) in [5.74, 6) is -4.95. The molecular weight excluding hydrogens is 558 g/mol. The number of rotatable bonds is 15. The molecule has 0 aliphatic heterocycles. The van der Waals surface area contributed by atoms with Crippen LogP contribution in [0.4, 0.5) is 5.69 Å². The quantitative estimate of drug-likeness (QED) is 0.233. The van der Waals surface area contributed by atoms with E-state index in [9.17, 15) is 28.8 Å². The SMILES string of the molecule is CCCN(CCC)C(=O)c1cccc(NC(=O)C(OC(C)=O)C(OC(C)=O)C(=O)N[C@H](Cc2ccccc2)C(=O)OC)c1. The Morgan fingerprint density at radius 1 is 0.791 bits per heavy atom. The lowest BCUT2D eigenvalue weighted by Gasteiger charge is -2.26. The summed E-state index contributed by atoms with van der Waals surface area (Å²) < 4.78 is 15.1. The van der Waals surface area contributed by atoms with Crippen LogP contribution in [0.15, 0.2) is 54.6 Å². The molecule has 0 spiro atoms. The zero-order valence-corrected chi connectivity index (χ0v) is 25.1. The Balaban J connectivity index is 2.35. The van der Waals surface area contributed by atoms with Crippen LogP contribution in [-0.4, -0.2) is 79.0 Å². The Hall–Kier alpha value is -4.74. The highest BCUT2D eigenvalue weighted by molar-refractivity contribution is 6.02. The second-order valence-electron chi connectivity index (χ2n) is 9.70. The molecule has 2 aromatic rings. The number of carbonyl (C=O) groups is 6. The highest BCUT2D eigenvalue weighted by Crippen LogP contribution is 2.17. The van der Waals surface area contributed by atoms with Crippen LogP contribution in [0.5, 0.6) is 0 Å². The van der Waals surface area contributed by atoms with Crippen molar-refractivity contribution in [2.45, 2.75) is 65.2 Å². The molecule has 3 amide bonds. The summed E-state index contributed by atoms with van der Waals surface area (Å²) in [4.78, 5) is 78.1. The van der Waals surface area contributed by atoms with Crippen LogP contribution in [-0.2, 0) is 44.6 Å². The van der Waals surface area contributed by atoms with Crippen LogP contribution in [0.2, 0.25) is 0 Å². The molecular formula is C31H39N3O9. The van der Waals surface area contributed by atoms with Gasteiger partial charge in [0.15, 0.2) is 0 Å². The topological polar surface area (TPSA) is 157 Å². The molecule has 2 unspecified atom stereocenters. The largest absolute Gasteiger partial charge is 0.467 e. The number of esters is 3. The van der Waals surface area contributed by atoms with Crippen LogP contribution in [0, 0.1) is 0 Å². The van der Waals surface area contributed by atoms with Gasteiger partial charge in [-0.2, -0.15) is 0 Å². The van der Waals surface area contributed by atoms with Gasteiger partial charge in [0.1, 0.15) is 6.04 Å². The second-order valence-corrected chi connectivity index (χ2v) is 9.70. The number of anilines is 1. The lowest BCUT2D eigenvalue weighted by Crippen LogP contribution is -2.55. The van der Waals surface area contributed by atoms with Crippen LogP contribution in [0.3, 0.4) is 0 Å². The third kappa shape index (κ3) is 10.9. The Morgan fingerprint density at radius 3 is 1.91 bits per heavy atom. The zero-order chi connectivity index (χ0) is 31.9. The predicted octanol–water partition coefficient (Wildman–Crippen LogP) is 2.65. The lowest BCUT2D eigenvalue weighted by atomic mass is 10.0. The highest BCUT2D eigenvalue weighted by atomic mass is 16.6. The minimum atomic E-state index is -1.96. The van der Waals surface area contributed by atoms with E-state index in [0.29, 0.717) is 24.2 Å². The number of hydrogen-bond donors (Lipinski definition) is 2. The predicted molar refractivity (Wildman–Crippen MR) is 157 cm³/mol. The molecule has 0 fully saturated rings. The van der Waals surface area contributed by atoms with Gasteiger partial charge in [-0.1, -0.05) is 50.2 Å². The molecule has 0 bridgehead atoms. The minimum Gasteiger partial charge on any atom is -0.467 e. The molecule has 0 aliphatic carbocycles. The van der Waals surface area contributed by atoms with Gasteiger partial charge in [-0.15, -0.1) is 0 Å². The zero-order valence-electron chi connectivity index (χ0n) is 25.1. The average molecular weight is 598 g/mol. The van der Waals surface area contributed by atoms with Crippen LogP contribution in [0.25, 0.3) is 0 Å². The van der Waals surface area contributed by atoms with Gasteiger partial charge in [0.2, 0.25) is 12.2 Å². The van der Waals surface area contributed by atoms with Crippen molar-refractivity contribution in [3.63, 3.8) is 0 Å². The normalized spacial score (nSPS) is 12.6. The Morgan fingerprint density at radius 2 is 1.37 bits per heavy atom. The van der Waals surface area contributed by atoms with Gasteiger partial charge in [0.25, 0.3) is 17.7 Å². The molecule has 0 saturated heterocycles. The molecule has 232 valence electrons. The number of nitrogens with zero attached hydrogens (tertiary/aromatic N) is 1. The van der Waals surface area contributed by atoms with E-state index < -0.39 is 48.0 Å². The summed E-state index contributed by atoms with van der Waals surface area (Å²) in [6.45, 7) is 7.09. The summed E-state index contributed by atoms with van der Waals surface area (Å²) in [6, 6.07) is 13.7. The number of methoxy groups -OCH3 is 1. The third-order valence-corrected chi connectivity index (χ3v) is 6.11. The lowest BCUT2D eigenvalue weighted by molar-refractivity contribution is -0.173. The second kappa shape index (κ2) is 17.3. The van der Waals surface area contributed by atoms with Crippen molar-refractivity contribution in [2.75, 3.05) is 25.5 Å². The third-order valence-electron chi connectivity index (χ3n) is 6.11. The molecule has 2 N–H and O–H groups in total. The number of amides is 3. The van der Waals surface area contributed by atoms with E-state index in [0.717, 1.165) is 33.8 Å².